The summed E-state index contributed by atoms with van der Waals surface area (Å²) in [5, 5.41) is 19.8. The van der Waals surface area contributed by atoms with E-state index in [-0.39, 0.29) is 30.6 Å². The summed E-state index contributed by atoms with van der Waals surface area (Å²) in [5.74, 6) is -0.966. The minimum atomic E-state index is -3.94. The molecule has 1 saturated carbocycles. The molecule has 0 radical (unpaired) electrons. The van der Waals surface area contributed by atoms with Gasteiger partial charge in [0.05, 0.1) is 31.3 Å². The van der Waals surface area contributed by atoms with Crippen molar-refractivity contribution < 1.29 is 33.0 Å². The van der Waals surface area contributed by atoms with Crippen molar-refractivity contribution in [2.24, 2.45) is 11.7 Å². The summed E-state index contributed by atoms with van der Waals surface area (Å²) in [7, 11) is -2.70. The maximum atomic E-state index is 14.2. The fourth-order valence-corrected chi connectivity index (χ4v) is 8.02. The number of hydrogen-bond donors (Lipinski definition) is 3. The van der Waals surface area contributed by atoms with Crippen molar-refractivity contribution in [3.63, 3.8) is 0 Å². The van der Waals surface area contributed by atoms with Crippen LogP contribution in [-0.2, 0) is 26.2 Å². The number of methoxy groups -OCH3 is 1. The Hall–Kier alpha value is -3.61. The summed E-state index contributed by atoms with van der Waals surface area (Å²) in [6.45, 7) is 1.50. The monoisotopic (exact) mass is 665 g/mol. The van der Waals surface area contributed by atoms with E-state index in [0.29, 0.717) is 31.2 Å². The van der Waals surface area contributed by atoms with Crippen LogP contribution in [0, 0.1) is 5.92 Å². The third-order valence-electron chi connectivity index (χ3n) is 8.88. The molecule has 11 heteroatoms. The maximum Gasteiger partial charge on any atom is 0.416 e. The lowest BCUT2D eigenvalue weighted by Crippen LogP contribution is -2.54. The summed E-state index contributed by atoms with van der Waals surface area (Å²) >= 11 is 0. The number of aliphatic hydroxyl groups excluding tert-OH is 2. The zero-order valence-electron chi connectivity index (χ0n) is 27.1. The van der Waals surface area contributed by atoms with Crippen LogP contribution >= 0.6 is 0 Å². The Morgan fingerprint density at radius 1 is 0.915 bits per heavy atom. The Labute approximate surface area is 278 Å². The Kier molecular flexibility index (Phi) is 13.1. The zero-order chi connectivity index (χ0) is 34.0. The number of ether oxygens (including phenoxy) is 1. The number of nitrogens with two attached hydrogens (primary N) is 1. The van der Waals surface area contributed by atoms with Crippen molar-refractivity contribution in [2.75, 3.05) is 20.3 Å². The number of rotatable bonds is 17. The van der Waals surface area contributed by atoms with Gasteiger partial charge in [-0.25, -0.2) is 18.1 Å². The second-order valence-electron chi connectivity index (χ2n) is 12.1. The molecule has 4 rings (SSSR count). The molecule has 1 aliphatic carbocycles. The van der Waals surface area contributed by atoms with Crippen LogP contribution in [-0.4, -0.2) is 78.2 Å². The van der Waals surface area contributed by atoms with Gasteiger partial charge in [0.2, 0.25) is 15.9 Å². The first-order valence-corrected chi connectivity index (χ1v) is 17.7. The third-order valence-corrected chi connectivity index (χ3v) is 10.8. The molecular formula is C36H47N3O7S. The van der Waals surface area contributed by atoms with Crippen LogP contribution in [0.2, 0.25) is 0 Å². The Balaban J connectivity index is 1.56. The average Bonchev–Trinajstić information content (AvgIpc) is 3.95. The molecule has 0 saturated heterocycles. The molecule has 0 heterocycles. The van der Waals surface area contributed by atoms with Gasteiger partial charge in [0.25, 0.3) is 0 Å². The molecule has 3 aromatic rings. The lowest BCUT2D eigenvalue weighted by molar-refractivity contribution is -0.133. The molecule has 1 aliphatic rings. The van der Waals surface area contributed by atoms with Gasteiger partial charge in [0, 0.05) is 24.5 Å². The standard InChI is InChI=1S/C36H47N3O7S/c1-3-23-38(47(44,45)31-21-17-26(24-40)18-22-31)30(25-41)15-10-16-32(27-19-20-27)39(36(43)46-2)35(42)34(37)33(28-11-6-4-7-12-28)29-13-8-5-9-14-29/h4-9,11-14,17-18,21-22,27,30,32-34,40-41H,3,10,15-16,19-20,23-25,37H2,1-2H3/t30-,32+,34-/m0/s1. The topological polar surface area (TPSA) is 150 Å². The number of carbonyl (C=O) groups is 2. The van der Waals surface area contributed by atoms with Gasteiger partial charge in [-0.05, 0) is 73.3 Å². The summed E-state index contributed by atoms with van der Waals surface area (Å²) in [6, 6.07) is 22.8. The predicted octanol–water partition coefficient (Wildman–Crippen LogP) is 4.64. The number of hydrogen-bond acceptors (Lipinski definition) is 8. The lowest BCUT2D eigenvalue weighted by Gasteiger charge is -2.34. The van der Waals surface area contributed by atoms with Crippen molar-refractivity contribution in [2.45, 2.75) is 81.0 Å². The van der Waals surface area contributed by atoms with Crippen LogP contribution < -0.4 is 5.73 Å². The van der Waals surface area contributed by atoms with Gasteiger partial charge in [-0.3, -0.25) is 4.79 Å². The SMILES string of the molecule is CCCN([C@H](CO)CCC[C@H](C1CC1)N(C(=O)OC)C(=O)[C@@H](N)C(c1ccccc1)c1ccccc1)S(=O)(=O)c1ccc(CO)cc1. The molecule has 2 amide bonds. The van der Waals surface area contributed by atoms with E-state index in [0.717, 1.165) is 24.0 Å². The van der Waals surface area contributed by atoms with Crippen molar-refractivity contribution >= 4 is 22.0 Å². The first kappa shape index (κ1) is 36.2. The molecule has 47 heavy (non-hydrogen) atoms. The van der Waals surface area contributed by atoms with E-state index < -0.39 is 46.1 Å². The quantitative estimate of drug-likeness (QED) is 0.189. The zero-order valence-corrected chi connectivity index (χ0v) is 28.0. The van der Waals surface area contributed by atoms with Gasteiger partial charge in [-0.1, -0.05) is 79.7 Å². The average molecular weight is 666 g/mol. The van der Waals surface area contributed by atoms with Crippen molar-refractivity contribution in [3.05, 3.63) is 102 Å². The number of imide groups is 1. The van der Waals surface area contributed by atoms with Gasteiger partial charge in [0.1, 0.15) is 0 Å². The van der Waals surface area contributed by atoms with E-state index in [1.807, 2.05) is 67.6 Å². The smallest absolute Gasteiger partial charge is 0.416 e. The lowest BCUT2D eigenvalue weighted by atomic mass is 9.84. The van der Waals surface area contributed by atoms with E-state index in [4.69, 9.17) is 10.5 Å². The summed E-state index contributed by atoms with van der Waals surface area (Å²) in [4.78, 5) is 28.8. The molecular weight excluding hydrogens is 618 g/mol. The summed E-state index contributed by atoms with van der Waals surface area (Å²) in [6.07, 6.45) is 2.61. The molecule has 0 aromatic heterocycles. The van der Waals surface area contributed by atoms with Gasteiger partial charge in [-0.15, -0.1) is 0 Å². The van der Waals surface area contributed by atoms with Gasteiger partial charge < -0.3 is 20.7 Å². The highest BCUT2D eigenvalue weighted by Gasteiger charge is 2.44. The predicted molar refractivity (Wildman–Crippen MR) is 180 cm³/mol. The summed E-state index contributed by atoms with van der Waals surface area (Å²) in [5.41, 5.74) is 9.04. The second-order valence-corrected chi connectivity index (χ2v) is 14.0. The molecule has 3 aromatic carbocycles. The Morgan fingerprint density at radius 2 is 1.49 bits per heavy atom. The molecule has 3 atom stereocenters. The maximum absolute atomic E-state index is 14.2. The van der Waals surface area contributed by atoms with Crippen LogP contribution in [0.3, 0.4) is 0 Å². The highest BCUT2D eigenvalue weighted by molar-refractivity contribution is 7.89. The van der Waals surface area contributed by atoms with Crippen molar-refractivity contribution in [1.29, 1.82) is 0 Å². The normalized spacial score (nSPS) is 15.3. The first-order chi connectivity index (χ1) is 22.7. The van der Waals surface area contributed by atoms with E-state index in [1.54, 1.807) is 12.1 Å². The first-order valence-electron chi connectivity index (χ1n) is 16.3. The van der Waals surface area contributed by atoms with Crippen LogP contribution in [0.1, 0.15) is 68.1 Å². The largest absolute Gasteiger partial charge is 0.452 e. The summed E-state index contributed by atoms with van der Waals surface area (Å²) < 4.78 is 33.8. The fourth-order valence-electron chi connectivity index (χ4n) is 6.29. The molecule has 254 valence electrons. The van der Waals surface area contributed by atoms with Crippen LogP contribution in [0.15, 0.2) is 89.8 Å². The number of nitrogens with zero attached hydrogens (tertiary/aromatic N) is 2. The molecule has 0 spiro atoms. The van der Waals surface area contributed by atoms with Crippen LogP contribution in [0.4, 0.5) is 4.79 Å². The fraction of sp³-hybridized carbons (Fsp3) is 0.444. The molecule has 0 unspecified atom stereocenters. The third kappa shape index (κ3) is 8.85. The Morgan fingerprint density at radius 3 is 1.96 bits per heavy atom. The van der Waals surface area contributed by atoms with Gasteiger partial charge in [0.15, 0.2) is 0 Å². The Bertz CT molecular complexity index is 1490. The van der Waals surface area contributed by atoms with E-state index in [1.165, 1.54) is 28.4 Å². The minimum absolute atomic E-state index is 0.0743. The van der Waals surface area contributed by atoms with E-state index >= 15 is 0 Å². The number of benzene rings is 3. The van der Waals surface area contributed by atoms with Crippen molar-refractivity contribution in [1.82, 2.24) is 9.21 Å². The second kappa shape index (κ2) is 17.0. The van der Waals surface area contributed by atoms with E-state index in [9.17, 15) is 28.2 Å². The van der Waals surface area contributed by atoms with Gasteiger partial charge in [-0.2, -0.15) is 4.31 Å². The molecule has 0 aliphatic heterocycles. The van der Waals surface area contributed by atoms with Gasteiger partial charge >= 0.3 is 6.09 Å². The highest BCUT2D eigenvalue weighted by atomic mass is 32.2. The highest BCUT2D eigenvalue weighted by Crippen LogP contribution is 2.39. The number of sulfonamides is 1. The van der Waals surface area contributed by atoms with Crippen LogP contribution in [0.5, 0.6) is 0 Å². The minimum Gasteiger partial charge on any atom is -0.452 e. The number of amides is 2. The van der Waals surface area contributed by atoms with Crippen molar-refractivity contribution in [3.8, 4) is 0 Å². The molecule has 0 bridgehead atoms. The van der Waals surface area contributed by atoms with Crippen LogP contribution in [0.25, 0.3) is 0 Å². The number of aliphatic hydroxyl groups is 2. The molecule has 1 fully saturated rings. The van der Waals surface area contributed by atoms with E-state index in [2.05, 4.69) is 0 Å². The molecule has 4 N–H and O–H groups in total. The number of carbonyl (C=O) groups excluding carboxylic acids is 2. The molecule has 10 nitrogen and oxygen atoms in total.